The van der Waals surface area contributed by atoms with Gasteiger partial charge >= 0.3 is 0 Å². The monoisotopic (exact) mass is 440 g/mol. The molecule has 0 spiro atoms. The van der Waals surface area contributed by atoms with E-state index in [0.29, 0.717) is 5.56 Å². The highest BCUT2D eigenvalue weighted by molar-refractivity contribution is 5.93. The molecular formula is C27H42N3O2. The summed E-state index contributed by atoms with van der Waals surface area (Å²) >= 11 is 0. The van der Waals surface area contributed by atoms with Gasteiger partial charge in [-0.15, -0.1) is 0 Å². The van der Waals surface area contributed by atoms with Gasteiger partial charge in [0.05, 0.1) is 0 Å². The molecule has 1 saturated heterocycles. The van der Waals surface area contributed by atoms with Crippen LogP contribution in [0.4, 0.5) is 5.69 Å². The molecule has 1 amide bonds. The Morgan fingerprint density at radius 2 is 1.44 bits per heavy atom. The van der Waals surface area contributed by atoms with Crippen LogP contribution in [0, 0.1) is 30.1 Å². The van der Waals surface area contributed by atoms with Crippen molar-refractivity contribution in [3.63, 3.8) is 0 Å². The highest BCUT2D eigenvalue weighted by Crippen LogP contribution is 2.36. The Kier molecular flexibility index (Phi) is 8.86. The molecule has 3 fully saturated rings. The zero-order valence-corrected chi connectivity index (χ0v) is 19.6. The maximum atomic E-state index is 11.5. The highest BCUT2D eigenvalue weighted by atomic mass is 16.5. The molecule has 1 radical (unpaired) electrons. The Balaban J connectivity index is 1.09. The molecule has 1 aliphatic heterocycles. The largest absolute Gasteiger partial charge is 0.372 e. The Bertz CT molecular complexity index is 685. The first-order chi connectivity index (χ1) is 15.7. The molecule has 2 saturated carbocycles. The van der Waals surface area contributed by atoms with Crippen LogP contribution in [-0.4, -0.2) is 37.3 Å². The molecule has 1 aromatic carbocycles. The van der Waals surface area contributed by atoms with Crippen LogP contribution in [0.3, 0.4) is 0 Å². The quantitative estimate of drug-likeness (QED) is 0.384. The number of anilines is 1. The minimum Gasteiger partial charge on any atom is -0.372 e. The number of rotatable bonds is 8. The van der Waals surface area contributed by atoms with Crippen LogP contribution in [0.5, 0.6) is 0 Å². The third-order valence-corrected chi connectivity index (χ3v) is 8.16. The average molecular weight is 441 g/mol. The molecule has 2 aliphatic carbocycles. The van der Waals surface area contributed by atoms with Crippen LogP contribution < -0.4 is 15.7 Å². The summed E-state index contributed by atoms with van der Waals surface area (Å²) in [6.07, 6.45) is 18.1. The number of hydrogen-bond acceptors (Lipinski definition) is 4. The van der Waals surface area contributed by atoms with Gasteiger partial charge in [0.15, 0.2) is 0 Å². The van der Waals surface area contributed by atoms with E-state index in [1.807, 2.05) is 12.1 Å². The lowest BCUT2D eigenvalue weighted by atomic mass is 9.75. The SMILES string of the molecule is O=C(NO)c1ccc(N2CCC(CNCC3CCC([CH]C4CCCCC4)CC3)CC2)cc1. The molecule has 0 atom stereocenters. The number of hydrogen-bond donors (Lipinski definition) is 3. The van der Waals surface area contributed by atoms with Crippen molar-refractivity contribution < 1.29 is 10.0 Å². The van der Waals surface area contributed by atoms with Crippen LogP contribution in [-0.2, 0) is 0 Å². The number of carbonyl (C=O) groups excluding carboxylic acids is 1. The summed E-state index contributed by atoms with van der Waals surface area (Å²) in [6, 6.07) is 7.50. The second-order valence-electron chi connectivity index (χ2n) is 10.4. The fourth-order valence-electron chi connectivity index (χ4n) is 6.07. The van der Waals surface area contributed by atoms with Crippen molar-refractivity contribution in [2.45, 2.75) is 70.6 Å². The fraction of sp³-hybridized carbons (Fsp3) is 0.704. The minimum atomic E-state index is -0.461. The van der Waals surface area contributed by atoms with Gasteiger partial charge in [0.1, 0.15) is 0 Å². The summed E-state index contributed by atoms with van der Waals surface area (Å²) in [4.78, 5) is 13.9. The van der Waals surface area contributed by atoms with Gasteiger partial charge < -0.3 is 10.2 Å². The summed E-state index contributed by atoms with van der Waals surface area (Å²) in [5.41, 5.74) is 3.33. The van der Waals surface area contributed by atoms with Crippen molar-refractivity contribution in [3.05, 3.63) is 36.2 Å². The van der Waals surface area contributed by atoms with Crippen molar-refractivity contribution in [2.24, 2.45) is 23.7 Å². The molecule has 0 unspecified atom stereocenters. The second-order valence-corrected chi connectivity index (χ2v) is 10.4. The zero-order valence-electron chi connectivity index (χ0n) is 19.6. The molecular weight excluding hydrogens is 398 g/mol. The van der Waals surface area contributed by atoms with Crippen LogP contribution in [0.1, 0.15) is 81.0 Å². The van der Waals surface area contributed by atoms with Gasteiger partial charge in [0.2, 0.25) is 0 Å². The molecule has 3 N–H and O–H groups in total. The van der Waals surface area contributed by atoms with Gasteiger partial charge in [-0.05, 0) is 106 Å². The Morgan fingerprint density at radius 3 is 2.06 bits per heavy atom. The van der Waals surface area contributed by atoms with E-state index in [1.165, 1.54) is 77.2 Å². The van der Waals surface area contributed by atoms with E-state index >= 15 is 0 Å². The van der Waals surface area contributed by atoms with Crippen LogP contribution >= 0.6 is 0 Å². The van der Waals surface area contributed by atoms with Gasteiger partial charge in [0, 0.05) is 24.3 Å². The molecule has 0 aromatic heterocycles. The van der Waals surface area contributed by atoms with E-state index < -0.39 is 5.91 Å². The lowest BCUT2D eigenvalue weighted by molar-refractivity contribution is 0.0706. The van der Waals surface area contributed by atoms with E-state index in [2.05, 4.69) is 16.6 Å². The van der Waals surface area contributed by atoms with Crippen LogP contribution in [0.2, 0.25) is 0 Å². The maximum Gasteiger partial charge on any atom is 0.274 e. The predicted octanol–water partition coefficient (Wildman–Crippen LogP) is 5.20. The molecule has 32 heavy (non-hydrogen) atoms. The smallest absolute Gasteiger partial charge is 0.274 e. The third kappa shape index (κ3) is 6.71. The van der Waals surface area contributed by atoms with Crippen LogP contribution in [0.15, 0.2) is 24.3 Å². The highest BCUT2D eigenvalue weighted by Gasteiger charge is 2.25. The Hall–Kier alpha value is -1.59. The van der Waals surface area contributed by atoms with Gasteiger partial charge in [0.25, 0.3) is 5.91 Å². The summed E-state index contributed by atoms with van der Waals surface area (Å²) in [5.74, 6) is 3.00. The lowest BCUT2D eigenvalue weighted by Gasteiger charge is -2.35. The fourth-order valence-corrected chi connectivity index (χ4v) is 6.07. The standard InChI is InChI=1S/C27H42N3O2/c31-27(29-32)25-10-12-26(13-11-25)30-16-14-24(15-17-30)20-28-19-23-8-6-22(7-9-23)18-21-4-2-1-3-5-21/h10-13,18,21-24,28,32H,1-9,14-17,19-20H2,(H,29,31). The van der Waals surface area contributed by atoms with E-state index in [4.69, 9.17) is 5.21 Å². The number of hydroxylamine groups is 1. The summed E-state index contributed by atoms with van der Waals surface area (Å²) in [5, 5.41) is 12.5. The summed E-state index contributed by atoms with van der Waals surface area (Å²) < 4.78 is 0. The van der Waals surface area contributed by atoms with Crippen molar-refractivity contribution in [3.8, 4) is 0 Å². The molecule has 0 bridgehead atoms. The molecule has 1 aromatic rings. The maximum absolute atomic E-state index is 11.5. The van der Waals surface area contributed by atoms with Crippen molar-refractivity contribution in [1.29, 1.82) is 0 Å². The van der Waals surface area contributed by atoms with E-state index in [1.54, 1.807) is 17.6 Å². The third-order valence-electron chi connectivity index (χ3n) is 8.16. The molecule has 1 heterocycles. The number of benzene rings is 1. The molecule has 3 aliphatic rings. The topological polar surface area (TPSA) is 64.6 Å². The first-order valence-electron chi connectivity index (χ1n) is 13.1. The van der Waals surface area contributed by atoms with E-state index in [0.717, 1.165) is 49.0 Å². The lowest BCUT2D eigenvalue weighted by Crippen LogP contribution is -2.38. The molecule has 177 valence electrons. The Morgan fingerprint density at radius 1 is 0.844 bits per heavy atom. The molecule has 4 rings (SSSR count). The van der Waals surface area contributed by atoms with E-state index in [-0.39, 0.29) is 0 Å². The minimum absolute atomic E-state index is 0.461. The van der Waals surface area contributed by atoms with Gasteiger partial charge in [-0.3, -0.25) is 10.0 Å². The number of amides is 1. The second kappa shape index (κ2) is 12.0. The predicted molar refractivity (Wildman–Crippen MR) is 130 cm³/mol. The average Bonchev–Trinajstić information content (AvgIpc) is 2.86. The summed E-state index contributed by atoms with van der Waals surface area (Å²) in [6.45, 7) is 4.49. The number of nitrogens with one attached hydrogen (secondary N) is 2. The molecule has 5 nitrogen and oxygen atoms in total. The zero-order chi connectivity index (χ0) is 22.2. The first kappa shape index (κ1) is 23.6. The van der Waals surface area contributed by atoms with Gasteiger partial charge in [-0.2, -0.15) is 0 Å². The number of carbonyl (C=O) groups is 1. The van der Waals surface area contributed by atoms with Crippen molar-refractivity contribution in [1.82, 2.24) is 10.8 Å². The first-order valence-corrected chi connectivity index (χ1v) is 13.1. The number of piperidine rings is 1. The Labute approximate surface area is 194 Å². The van der Waals surface area contributed by atoms with E-state index in [9.17, 15) is 4.79 Å². The number of nitrogens with zero attached hydrogens (tertiary/aromatic N) is 1. The van der Waals surface area contributed by atoms with Crippen molar-refractivity contribution in [2.75, 3.05) is 31.1 Å². The summed E-state index contributed by atoms with van der Waals surface area (Å²) in [7, 11) is 0. The normalized spacial score (nSPS) is 25.6. The molecule has 5 heteroatoms. The van der Waals surface area contributed by atoms with Gasteiger partial charge in [-0.25, -0.2) is 5.48 Å². The van der Waals surface area contributed by atoms with Crippen LogP contribution in [0.25, 0.3) is 0 Å². The van der Waals surface area contributed by atoms with Gasteiger partial charge in [-0.1, -0.05) is 32.1 Å². The van der Waals surface area contributed by atoms with Crippen molar-refractivity contribution >= 4 is 11.6 Å².